The van der Waals surface area contributed by atoms with E-state index < -0.39 is 23.8 Å². The zero-order valence-electron chi connectivity index (χ0n) is 14.7. The second-order valence-corrected chi connectivity index (χ2v) is 6.08. The van der Waals surface area contributed by atoms with Gasteiger partial charge in [-0.25, -0.2) is 4.79 Å². The third-order valence-electron chi connectivity index (χ3n) is 4.25. The van der Waals surface area contributed by atoms with Gasteiger partial charge in [0.1, 0.15) is 11.8 Å². The van der Waals surface area contributed by atoms with Gasteiger partial charge in [-0.3, -0.25) is 9.59 Å². The predicted octanol–water partition coefficient (Wildman–Crippen LogP) is 3.15. The van der Waals surface area contributed by atoms with Gasteiger partial charge in [0.2, 0.25) is 5.91 Å². The molecular formula is C21H23NO4. The highest BCUT2D eigenvalue weighted by molar-refractivity contribution is 5.91. The monoisotopic (exact) mass is 353 g/mol. The summed E-state index contributed by atoms with van der Waals surface area (Å²) in [5, 5.41) is 12.0. The fourth-order valence-corrected chi connectivity index (χ4v) is 2.78. The Balaban J connectivity index is 2.23. The maximum Gasteiger partial charge on any atom is 0.326 e. The van der Waals surface area contributed by atoms with Crippen LogP contribution in [-0.4, -0.2) is 28.8 Å². The maximum atomic E-state index is 12.9. The molecule has 2 aromatic rings. The number of carboxylic acids is 1. The molecule has 0 bridgehead atoms. The van der Waals surface area contributed by atoms with Gasteiger partial charge in [-0.2, -0.15) is 0 Å². The van der Waals surface area contributed by atoms with Crippen LogP contribution in [0.15, 0.2) is 60.7 Å². The van der Waals surface area contributed by atoms with E-state index in [0.717, 1.165) is 11.1 Å². The van der Waals surface area contributed by atoms with Crippen LogP contribution >= 0.6 is 0 Å². The Morgan fingerprint density at radius 2 is 1.42 bits per heavy atom. The molecular weight excluding hydrogens is 330 g/mol. The van der Waals surface area contributed by atoms with Gasteiger partial charge in [0, 0.05) is 12.8 Å². The molecule has 0 spiro atoms. The Morgan fingerprint density at radius 1 is 0.923 bits per heavy atom. The van der Waals surface area contributed by atoms with Crippen LogP contribution in [0, 0.1) is 0 Å². The van der Waals surface area contributed by atoms with Crippen molar-refractivity contribution in [1.82, 2.24) is 5.32 Å². The Kier molecular flexibility index (Phi) is 7.09. The first kappa shape index (κ1) is 19.4. The number of carbonyl (C=O) groups excluding carboxylic acids is 2. The lowest BCUT2D eigenvalue weighted by molar-refractivity contribution is -0.142. The van der Waals surface area contributed by atoms with E-state index >= 15 is 0 Å². The molecule has 1 atom stereocenters. The molecule has 26 heavy (non-hydrogen) atoms. The second-order valence-electron chi connectivity index (χ2n) is 6.08. The Bertz CT molecular complexity index is 704. The van der Waals surface area contributed by atoms with E-state index in [2.05, 4.69) is 5.32 Å². The molecule has 0 saturated heterocycles. The Morgan fingerprint density at radius 3 is 1.85 bits per heavy atom. The molecule has 0 fully saturated rings. The summed E-state index contributed by atoms with van der Waals surface area (Å²) in [6, 6.07) is 17.4. The van der Waals surface area contributed by atoms with Crippen molar-refractivity contribution < 1.29 is 19.5 Å². The standard InChI is InChI=1S/C21H23NO4/c1-2-17(23)13-14-18(21(25)26)22-20(24)19(15-9-5-3-6-10-15)16-11-7-4-8-12-16/h3-12,18-19H,2,13-14H2,1H3,(H,22,24)(H,25,26)/t18-/m0/s1. The molecule has 0 heterocycles. The SMILES string of the molecule is CCC(=O)CC[C@H](NC(=O)C(c1ccccc1)c1ccccc1)C(=O)O. The lowest BCUT2D eigenvalue weighted by atomic mass is 9.90. The van der Waals surface area contributed by atoms with E-state index in [1.807, 2.05) is 60.7 Å². The average Bonchev–Trinajstić information content (AvgIpc) is 2.66. The number of carboxylic acid groups (broad SMARTS) is 1. The van der Waals surface area contributed by atoms with Crippen LogP contribution in [0.4, 0.5) is 0 Å². The lowest BCUT2D eigenvalue weighted by Gasteiger charge is -2.21. The van der Waals surface area contributed by atoms with Crippen LogP contribution < -0.4 is 5.32 Å². The Labute approximate surface area is 153 Å². The summed E-state index contributed by atoms with van der Waals surface area (Å²) in [6.45, 7) is 1.73. The molecule has 2 rings (SSSR count). The summed E-state index contributed by atoms with van der Waals surface area (Å²) in [7, 11) is 0. The number of hydrogen-bond donors (Lipinski definition) is 2. The van der Waals surface area contributed by atoms with Crippen molar-refractivity contribution in [2.45, 2.75) is 38.1 Å². The molecule has 0 aromatic heterocycles. The first-order valence-corrected chi connectivity index (χ1v) is 8.67. The van der Waals surface area contributed by atoms with E-state index in [4.69, 9.17) is 0 Å². The van der Waals surface area contributed by atoms with Crippen LogP contribution in [0.3, 0.4) is 0 Å². The van der Waals surface area contributed by atoms with Crippen molar-refractivity contribution in [2.24, 2.45) is 0 Å². The van der Waals surface area contributed by atoms with Crippen molar-refractivity contribution in [2.75, 3.05) is 0 Å². The van der Waals surface area contributed by atoms with Crippen molar-refractivity contribution in [1.29, 1.82) is 0 Å². The molecule has 0 saturated carbocycles. The number of amides is 1. The van der Waals surface area contributed by atoms with Crippen LogP contribution in [0.2, 0.25) is 0 Å². The normalized spacial score (nSPS) is 11.8. The number of nitrogens with one attached hydrogen (secondary N) is 1. The van der Waals surface area contributed by atoms with Gasteiger partial charge in [0.05, 0.1) is 5.92 Å². The fourth-order valence-electron chi connectivity index (χ4n) is 2.78. The third kappa shape index (κ3) is 5.28. The number of aliphatic carboxylic acids is 1. The molecule has 0 unspecified atom stereocenters. The van der Waals surface area contributed by atoms with E-state index in [-0.39, 0.29) is 18.6 Å². The van der Waals surface area contributed by atoms with Crippen molar-refractivity contribution in [3.8, 4) is 0 Å². The topological polar surface area (TPSA) is 83.5 Å². The molecule has 2 aromatic carbocycles. The van der Waals surface area contributed by atoms with Gasteiger partial charge < -0.3 is 10.4 Å². The minimum atomic E-state index is -1.14. The van der Waals surface area contributed by atoms with Crippen LogP contribution in [-0.2, 0) is 14.4 Å². The highest BCUT2D eigenvalue weighted by Gasteiger charge is 2.27. The van der Waals surface area contributed by atoms with Crippen LogP contribution in [0.25, 0.3) is 0 Å². The molecule has 5 nitrogen and oxygen atoms in total. The first-order valence-electron chi connectivity index (χ1n) is 8.67. The number of rotatable bonds is 9. The smallest absolute Gasteiger partial charge is 0.326 e. The van der Waals surface area contributed by atoms with Gasteiger partial charge >= 0.3 is 5.97 Å². The lowest BCUT2D eigenvalue weighted by Crippen LogP contribution is -2.43. The van der Waals surface area contributed by atoms with Gasteiger partial charge in [0.15, 0.2) is 0 Å². The molecule has 1 amide bonds. The minimum Gasteiger partial charge on any atom is -0.480 e. The molecule has 136 valence electrons. The Hall–Kier alpha value is -2.95. The van der Waals surface area contributed by atoms with Gasteiger partial charge in [0.25, 0.3) is 0 Å². The zero-order chi connectivity index (χ0) is 18.9. The molecule has 5 heteroatoms. The average molecular weight is 353 g/mol. The van der Waals surface area contributed by atoms with E-state index in [9.17, 15) is 19.5 Å². The molecule has 0 aliphatic rings. The maximum absolute atomic E-state index is 12.9. The van der Waals surface area contributed by atoms with Crippen molar-refractivity contribution in [3.63, 3.8) is 0 Å². The van der Waals surface area contributed by atoms with E-state index in [1.165, 1.54) is 0 Å². The summed E-state index contributed by atoms with van der Waals surface area (Å²) in [5.74, 6) is -2.16. The summed E-state index contributed by atoms with van der Waals surface area (Å²) < 4.78 is 0. The quantitative estimate of drug-likeness (QED) is 0.725. The number of carbonyl (C=O) groups is 3. The summed E-state index contributed by atoms with van der Waals surface area (Å²) in [5.41, 5.74) is 1.56. The summed E-state index contributed by atoms with van der Waals surface area (Å²) >= 11 is 0. The molecule has 0 aliphatic carbocycles. The first-order chi connectivity index (χ1) is 12.5. The highest BCUT2D eigenvalue weighted by atomic mass is 16.4. The second kappa shape index (κ2) is 9.51. The molecule has 0 radical (unpaired) electrons. The third-order valence-corrected chi connectivity index (χ3v) is 4.25. The summed E-state index contributed by atoms with van der Waals surface area (Å²) in [4.78, 5) is 35.9. The van der Waals surface area contributed by atoms with Gasteiger partial charge in [-0.1, -0.05) is 67.6 Å². The van der Waals surface area contributed by atoms with Crippen molar-refractivity contribution in [3.05, 3.63) is 71.8 Å². The minimum absolute atomic E-state index is 0.0202. The number of ketones is 1. The largest absolute Gasteiger partial charge is 0.480 e. The number of Topliss-reactive ketones (excluding diaryl/α,β-unsaturated/α-hetero) is 1. The molecule has 2 N–H and O–H groups in total. The summed E-state index contributed by atoms with van der Waals surface area (Å²) in [6.07, 6.45) is 0.579. The highest BCUT2D eigenvalue weighted by Crippen LogP contribution is 2.25. The number of benzene rings is 2. The van der Waals surface area contributed by atoms with Crippen LogP contribution in [0.1, 0.15) is 43.2 Å². The van der Waals surface area contributed by atoms with Crippen molar-refractivity contribution >= 4 is 17.7 Å². The van der Waals surface area contributed by atoms with Crippen LogP contribution in [0.5, 0.6) is 0 Å². The zero-order valence-corrected chi connectivity index (χ0v) is 14.7. The molecule has 0 aliphatic heterocycles. The fraction of sp³-hybridized carbons (Fsp3) is 0.286. The predicted molar refractivity (Wildman–Crippen MR) is 98.8 cm³/mol. The van der Waals surface area contributed by atoms with Gasteiger partial charge in [-0.15, -0.1) is 0 Å². The van der Waals surface area contributed by atoms with E-state index in [1.54, 1.807) is 6.92 Å². The number of hydrogen-bond acceptors (Lipinski definition) is 3. The van der Waals surface area contributed by atoms with Gasteiger partial charge in [-0.05, 0) is 17.5 Å². The van der Waals surface area contributed by atoms with E-state index in [0.29, 0.717) is 6.42 Å².